The lowest BCUT2D eigenvalue weighted by molar-refractivity contribution is 0.0984. The second-order valence-corrected chi connectivity index (χ2v) is 8.50. The molecule has 154 valence electrons. The number of carbonyl (C=O) groups is 1. The van der Waals surface area contributed by atoms with Crippen molar-refractivity contribution in [3.05, 3.63) is 107 Å². The highest BCUT2D eigenvalue weighted by molar-refractivity contribution is 7.17. The highest BCUT2D eigenvalue weighted by Crippen LogP contribution is 2.33. The van der Waals surface area contributed by atoms with E-state index >= 15 is 0 Å². The molecule has 6 heteroatoms. The van der Waals surface area contributed by atoms with E-state index in [0.717, 1.165) is 40.9 Å². The van der Waals surface area contributed by atoms with Crippen LogP contribution in [0.2, 0.25) is 0 Å². The number of nitrogens with zero attached hydrogens (tertiary/aromatic N) is 4. The molecular weight excluding hydrogens is 404 g/mol. The Morgan fingerprint density at radius 2 is 1.58 bits per heavy atom. The van der Waals surface area contributed by atoms with E-state index in [1.165, 1.54) is 22.5 Å². The lowest BCUT2D eigenvalue weighted by Gasteiger charge is -2.25. The Labute approximate surface area is 185 Å². The van der Waals surface area contributed by atoms with Gasteiger partial charge >= 0.3 is 0 Å². The van der Waals surface area contributed by atoms with Crippen LogP contribution >= 0.6 is 11.3 Å². The molecule has 2 aromatic heterocycles. The number of hydrogen-bond donors (Lipinski definition) is 0. The third-order valence-electron chi connectivity index (χ3n) is 5.36. The fourth-order valence-corrected chi connectivity index (χ4v) is 4.87. The smallest absolute Gasteiger partial charge is 0.270 e. The first-order valence-electron chi connectivity index (χ1n) is 10.3. The number of fused-ring (bicyclic) bond motifs is 1. The van der Waals surface area contributed by atoms with Crippen LogP contribution in [0.25, 0.3) is 0 Å². The highest BCUT2D eigenvalue weighted by Gasteiger charge is 2.30. The quantitative estimate of drug-likeness (QED) is 0.438. The van der Waals surface area contributed by atoms with E-state index in [9.17, 15) is 4.79 Å². The van der Waals surface area contributed by atoms with Gasteiger partial charge in [-0.1, -0.05) is 72.0 Å². The molecule has 0 radical (unpaired) electrons. The van der Waals surface area contributed by atoms with Crippen LogP contribution in [0.1, 0.15) is 26.5 Å². The van der Waals surface area contributed by atoms with Crippen molar-refractivity contribution < 1.29 is 4.79 Å². The molecule has 0 atom stereocenters. The monoisotopic (exact) mass is 426 g/mol. The Morgan fingerprint density at radius 1 is 0.903 bits per heavy atom. The minimum atomic E-state index is 0.0115. The highest BCUT2D eigenvalue weighted by atomic mass is 32.1. The molecular formula is C25H22N4OS. The fraction of sp³-hybridized carbons (Fsp3) is 0.160. The van der Waals surface area contributed by atoms with Crippen LogP contribution in [0, 0.1) is 0 Å². The molecule has 2 aromatic carbocycles. The van der Waals surface area contributed by atoms with Gasteiger partial charge in [0, 0.05) is 32.3 Å². The second-order valence-electron chi connectivity index (χ2n) is 7.52. The predicted octanol–water partition coefficient (Wildman–Crippen LogP) is 4.95. The van der Waals surface area contributed by atoms with Crippen LogP contribution in [-0.4, -0.2) is 22.4 Å². The summed E-state index contributed by atoms with van der Waals surface area (Å²) in [5, 5.41) is 0.888. The first kappa shape index (κ1) is 19.5. The molecule has 0 saturated carbocycles. The van der Waals surface area contributed by atoms with Gasteiger partial charge in [0.2, 0.25) is 0 Å². The number of aromatic nitrogens is 2. The summed E-state index contributed by atoms with van der Waals surface area (Å²) in [5.74, 6) is 0.0115. The van der Waals surface area contributed by atoms with E-state index in [1.54, 1.807) is 17.3 Å². The summed E-state index contributed by atoms with van der Waals surface area (Å²) in [6.45, 7) is 2.10. The lowest BCUT2D eigenvalue weighted by atomic mass is 10.1. The van der Waals surface area contributed by atoms with E-state index in [0.29, 0.717) is 6.54 Å². The molecule has 0 saturated heterocycles. The summed E-state index contributed by atoms with van der Waals surface area (Å²) in [5.41, 5.74) is 4.17. The van der Waals surface area contributed by atoms with Gasteiger partial charge in [0.1, 0.15) is 4.88 Å². The van der Waals surface area contributed by atoms with Crippen molar-refractivity contribution in [2.75, 3.05) is 16.3 Å². The number of carbonyl (C=O) groups excluding carboxylic acids is 1. The number of anilines is 2. The van der Waals surface area contributed by atoms with Gasteiger partial charge in [-0.05, 0) is 23.3 Å². The largest absolute Gasteiger partial charge is 0.339 e. The zero-order chi connectivity index (χ0) is 21.0. The van der Waals surface area contributed by atoms with Gasteiger partial charge in [0.05, 0.1) is 17.6 Å². The van der Waals surface area contributed by atoms with E-state index in [1.807, 2.05) is 24.3 Å². The van der Waals surface area contributed by atoms with Gasteiger partial charge in [-0.3, -0.25) is 9.78 Å². The standard InChI is InChI=1S/C25H22N4OS/c30-24-23-22(13-15-29(24)21-12-7-14-26-16-21)27-25(31-23)28(17-19-8-3-1-4-9-19)18-20-10-5-2-6-11-20/h1-12,14,16H,13,15,17-18H2. The number of thiazole rings is 1. The van der Waals surface area contributed by atoms with Crippen LogP contribution < -0.4 is 9.80 Å². The molecule has 1 amide bonds. The molecule has 0 aliphatic carbocycles. The number of amides is 1. The van der Waals surface area contributed by atoms with Gasteiger partial charge in [-0.2, -0.15) is 0 Å². The maximum Gasteiger partial charge on any atom is 0.270 e. The summed E-state index contributed by atoms with van der Waals surface area (Å²) in [6, 6.07) is 24.6. The molecule has 5 rings (SSSR count). The number of benzene rings is 2. The molecule has 31 heavy (non-hydrogen) atoms. The molecule has 0 fully saturated rings. The van der Waals surface area contributed by atoms with Crippen LogP contribution in [0.5, 0.6) is 0 Å². The summed E-state index contributed by atoms with van der Waals surface area (Å²) in [6.07, 6.45) is 4.21. The molecule has 1 aliphatic heterocycles. The Hall–Kier alpha value is -3.51. The van der Waals surface area contributed by atoms with Crippen LogP contribution in [0.15, 0.2) is 85.2 Å². The van der Waals surface area contributed by atoms with Crippen LogP contribution in [-0.2, 0) is 19.5 Å². The summed E-state index contributed by atoms with van der Waals surface area (Å²) < 4.78 is 0. The third kappa shape index (κ3) is 4.20. The summed E-state index contributed by atoms with van der Waals surface area (Å²) in [4.78, 5) is 27.1. The van der Waals surface area contributed by atoms with Crippen molar-refractivity contribution in [2.45, 2.75) is 19.5 Å². The van der Waals surface area contributed by atoms with E-state index < -0.39 is 0 Å². The number of rotatable bonds is 6. The molecule has 4 aromatic rings. The molecule has 0 unspecified atom stereocenters. The molecule has 5 nitrogen and oxygen atoms in total. The van der Waals surface area contributed by atoms with Crippen LogP contribution in [0.4, 0.5) is 10.8 Å². The minimum Gasteiger partial charge on any atom is -0.339 e. The van der Waals surface area contributed by atoms with Crippen molar-refractivity contribution in [3.8, 4) is 0 Å². The van der Waals surface area contributed by atoms with Gasteiger partial charge in [-0.15, -0.1) is 0 Å². The van der Waals surface area contributed by atoms with Crippen molar-refractivity contribution in [1.82, 2.24) is 9.97 Å². The first-order chi connectivity index (χ1) is 15.3. The average molecular weight is 427 g/mol. The topological polar surface area (TPSA) is 49.3 Å². The van der Waals surface area contributed by atoms with Gasteiger partial charge < -0.3 is 9.80 Å². The maximum absolute atomic E-state index is 13.2. The van der Waals surface area contributed by atoms with Crippen molar-refractivity contribution in [1.29, 1.82) is 0 Å². The minimum absolute atomic E-state index is 0.0115. The Kier molecular flexibility index (Phi) is 5.46. The predicted molar refractivity (Wildman–Crippen MR) is 125 cm³/mol. The van der Waals surface area contributed by atoms with Gasteiger partial charge in [-0.25, -0.2) is 4.98 Å². The average Bonchev–Trinajstić information content (AvgIpc) is 3.26. The Morgan fingerprint density at radius 3 is 2.19 bits per heavy atom. The molecule has 0 spiro atoms. The van der Waals surface area contributed by atoms with Crippen molar-refractivity contribution in [3.63, 3.8) is 0 Å². The lowest BCUT2D eigenvalue weighted by Crippen LogP contribution is -2.36. The Balaban J connectivity index is 1.46. The first-order valence-corrected chi connectivity index (χ1v) is 11.1. The van der Waals surface area contributed by atoms with E-state index in [4.69, 9.17) is 4.98 Å². The van der Waals surface area contributed by atoms with Gasteiger partial charge in [0.15, 0.2) is 5.13 Å². The maximum atomic E-state index is 13.2. The zero-order valence-electron chi connectivity index (χ0n) is 17.0. The van der Waals surface area contributed by atoms with E-state index in [-0.39, 0.29) is 5.91 Å². The third-order valence-corrected chi connectivity index (χ3v) is 6.50. The van der Waals surface area contributed by atoms with Gasteiger partial charge in [0.25, 0.3) is 5.91 Å². The number of hydrogen-bond acceptors (Lipinski definition) is 5. The van der Waals surface area contributed by atoms with E-state index in [2.05, 4.69) is 58.4 Å². The summed E-state index contributed by atoms with van der Waals surface area (Å²) >= 11 is 1.49. The molecule has 0 N–H and O–H groups in total. The van der Waals surface area contributed by atoms with Crippen LogP contribution in [0.3, 0.4) is 0 Å². The van der Waals surface area contributed by atoms with Crippen molar-refractivity contribution in [2.24, 2.45) is 0 Å². The SMILES string of the molecule is O=C1c2sc(N(Cc3ccccc3)Cc3ccccc3)nc2CCN1c1cccnc1. The fourth-order valence-electron chi connectivity index (χ4n) is 3.81. The zero-order valence-corrected chi connectivity index (χ0v) is 17.8. The Bertz CT molecular complexity index is 1120. The number of pyridine rings is 1. The molecule has 0 bridgehead atoms. The summed E-state index contributed by atoms with van der Waals surface area (Å²) in [7, 11) is 0. The van der Waals surface area contributed by atoms with Crippen molar-refractivity contribution >= 4 is 28.1 Å². The molecule has 3 heterocycles. The normalized spacial score (nSPS) is 13.2. The second kappa shape index (κ2) is 8.70. The molecule has 1 aliphatic rings.